The van der Waals surface area contributed by atoms with Crippen LogP contribution in [0.1, 0.15) is 37.0 Å². The molecule has 0 unspecified atom stereocenters. The van der Waals surface area contributed by atoms with Gasteiger partial charge in [0, 0.05) is 0 Å². The summed E-state index contributed by atoms with van der Waals surface area (Å²) in [5.41, 5.74) is 4.37. The Kier molecular flexibility index (Phi) is 2.95. The fourth-order valence-corrected chi connectivity index (χ4v) is 2.83. The largest absolute Gasteiger partial charge is 0.0836 e. The molecule has 0 aromatic heterocycles. The van der Waals surface area contributed by atoms with E-state index in [1.807, 2.05) is 0 Å². The van der Waals surface area contributed by atoms with Crippen molar-refractivity contribution in [2.75, 3.05) is 0 Å². The minimum Gasteiger partial charge on any atom is -0.0836 e. The molecular weight excluding hydrogens is 216 g/mol. The number of fused-ring (bicyclic) bond motifs is 2. The third-order valence-electron chi connectivity index (χ3n) is 3.68. The Morgan fingerprint density at radius 2 is 1.94 bits per heavy atom. The van der Waals surface area contributed by atoms with Crippen LogP contribution in [-0.2, 0) is 12.8 Å². The van der Waals surface area contributed by atoms with E-state index >= 15 is 0 Å². The molecule has 0 spiro atoms. The van der Waals surface area contributed by atoms with Crippen molar-refractivity contribution in [2.45, 2.75) is 33.1 Å². The van der Waals surface area contributed by atoms with Crippen LogP contribution in [0.5, 0.6) is 0 Å². The summed E-state index contributed by atoms with van der Waals surface area (Å²) < 4.78 is 0. The Bertz CT molecular complexity index is 603. The quantitative estimate of drug-likeness (QED) is 0.688. The Balaban J connectivity index is 2.08. The zero-order valence-electron chi connectivity index (χ0n) is 11.2. The van der Waals surface area contributed by atoms with Gasteiger partial charge in [0.25, 0.3) is 0 Å². The highest BCUT2D eigenvalue weighted by Gasteiger charge is 2.07. The van der Waals surface area contributed by atoms with E-state index in [2.05, 4.69) is 56.3 Å². The Morgan fingerprint density at radius 1 is 1.06 bits per heavy atom. The van der Waals surface area contributed by atoms with Crippen LogP contribution in [0.3, 0.4) is 0 Å². The molecule has 1 aliphatic rings. The number of rotatable bonds is 2. The maximum atomic E-state index is 2.37. The van der Waals surface area contributed by atoms with Gasteiger partial charge in [0.05, 0.1) is 0 Å². The van der Waals surface area contributed by atoms with Crippen molar-refractivity contribution in [3.05, 3.63) is 53.1 Å². The molecule has 0 atom stereocenters. The first kappa shape index (κ1) is 11.5. The smallest absolute Gasteiger partial charge is 0.0175 e. The van der Waals surface area contributed by atoms with Crippen LogP contribution in [-0.4, -0.2) is 0 Å². The maximum absolute atomic E-state index is 2.37. The highest BCUT2D eigenvalue weighted by Crippen LogP contribution is 2.26. The van der Waals surface area contributed by atoms with Gasteiger partial charge >= 0.3 is 0 Å². The lowest BCUT2D eigenvalue weighted by atomic mass is 9.92. The summed E-state index contributed by atoms with van der Waals surface area (Å²) in [6.07, 6.45) is 8.10. The van der Waals surface area contributed by atoms with Crippen LogP contribution in [0.2, 0.25) is 0 Å². The monoisotopic (exact) mass is 236 g/mol. The van der Waals surface area contributed by atoms with Gasteiger partial charge in [-0.25, -0.2) is 0 Å². The lowest BCUT2D eigenvalue weighted by molar-refractivity contribution is 0.648. The molecule has 1 aliphatic carbocycles. The molecule has 0 radical (unpaired) electrons. The number of aryl methyl sites for hydroxylation is 1. The van der Waals surface area contributed by atoms with Crippen LogP contribution in [0, 0.1) is 5.92 Å². The predicted molar refractivity (Wildman–Crippen MR) is 79.8 cm³/mol. The molecule has 0 heterocycles. The van der Waals surface area contributed by atoms with E-state index in [0.29, 0.717) is 0 Å². The summed E-state index contributed by atoms with van der Waals surface area (Å²) in [6, 6.07) is 11.6. The lowest BCUT2D eigenvalue weighted by Gasteiger charge is -2.13. The van der Waals surface area contributed by atoms with Gasteiger partial charge in [0.1, 0.15) is 0 Å². The first-order valence-corrected chi connectivity index (χ1v) is 6.94. The summed E-state index contributed by atoms with van der Waals surface area (Å²) >= 11 is 0. The molecule has 0 fully saturated rings. The van der Waals surface area contributed by atoms with Crippen LogP contribution in [0.15, 0.2) is 36.4 Å². The number of benzene rings is 2. The van der Waals surface area contributed by atoms with Crippen LogP contribution in [0.4, 0.5) is 0 Å². The van der Waals surface area contributed by atoms with E-state index in [9.17, 15) is 0 Å². The molecule has 0 bridgehead atoms. The predicted octanol–water partition coefficient (Wildman–Crippen LogP) is 5.00. The summed E-state index contributed by atoms with van der Waals surface area (Å²) in [4.78, 5) is 0. The average Bonchev–Trinajstić information content (AvgIpc) is 2.35. The fraction of sp³-hybridized carbons (Fsp3) is 0.333. The van der Waals surface area contributed by atoms with E-state index in [4.69, 9.17) is 0 Å². The molecular formula is C18H20. The molecule has 0 aliphatic heterocycles. The van der Waals surface area contributed by atoms with Crippen LogP contribution < -0.4 is 0 Å². The van der Waals surface area contributed by atoms with Gasteiger partial charge in [-0.2, -0.15) is 0 Å². The van der Waals surface area contributed by atoms with Gasteiger partial charge in [-0.1, -0.05) is 50.3 Å². The highest BCUT2D eigenvalue weighted by atomic mass is 14.1. The SMILES string of the molecule is CC(C)Cc1ccc2cc3c(cc2c1)C=CCC3. The van der Waals surface area contributed by atoms with E-state index in [1.54, 1.807) is 0 Å². The molecule has 0 saturated carbocycles. The number of hydrogen-bond donors (Lipinski definition) is 0. The average molecular weight is 236 g/mol. The standard InChI is InChI=1S/C18H20/c1-13(2)9-14-7-8-17-11-15-5-3-4-6-16(15)12-18(17)10-14/h4,6-8,10-13H,3,5,9H2,1-2H3. The zero-order valence-corrected chi connectivity index (χ0v) is 11.2. The van der Waals surface area contributed by atoms with Crippen molar-refractivity contribution < 1.29 is 0 Å². The zero-order chi connectivity index (χ0) is 12.5. The van der Waals surface area contributed by atoms with Gasteiger partial charge in [-0.15, -0.1) is 0 Å². The molecule has 0 N–H and O–H groups in total. The summed E-state index contributed by atoms with van der Waals surface area (Å²) in [6.45, 7) is 4.56. The second kappa shape index (κ2) is 4.61. The van der Waals surface area contributed by atoms with Gasteiger partial charge in [0.15, 0.2) is 0 Å². The second-order valence-electron chi connectivity index (χ2n) is 5.77. The Morgan fingerprint density at radius 3 is 2.78 bits per heavy atom. The first-order valence-electron chi connectivity index (χ1n) is 6.94. The molecule has 0 heteroatoms. The van der Waals surface area contributed by atoms with Crippen molar-refractivity contribution in [2.24, 2.45) is 5.92 Å². The van der Waals surface area contributed by atoms with E-state index in [0.717, 1.165) is 5.92 Å². The van der Waals surface area contributed by atoms with Crippen molar-refractivity contribution >= 4 is 16.8 Å². The topological polar surface area (TPSA) is 0 Å². The van der Waals surface area contributed by atoms with Crippen LogP contribution >= 0.6 is 0 Å². The molecule has 0 amide bonds. The Hall–Kier alpha value is -1.56. The first-order chi connectivity index (χ1) is 8.72. The lowest BCUT2D eigenvalue weighted by Crippen LogP contribution is -1.96. The molecule has 0 saturated heterocycles. The molecule has 92 valence electrons. The minimum absolute atomic E-state index is 0.722. The third kappa shape index (κ3) is 2.20. The van der Waals surface area contributed by atoms with Gasteiger partial charge in [-0.05, 0) is 58.7 Å². The Labute approximate surface area is 109 Å². The molecule has 18 heavy (non-hydrogen) atoms. The van der Waals surface area contributed by atoms with Crippen LogP contribution in [0.25, 0.3) is 16.8 Å². The summed E-state index contributed by atoms with van der Waals surface area (Å²) in [7, 11) is 0. The molecule has 3 rings (SSSR count). The highest BCUT2D eigenvalue weighted by molar-refractivity contribution is 5.87. The minimum atomic E-state index is 0.722. The maximum Gasteiger partial charge on any atom is -0.0175 e. The van der Waals surface area contributed by atoms with Crippen molar-refractivity contribution in [3.8, 4) is 0 Å². The molecule has 2 aromatic rings. The second-order valence-corrected chi connectivity index (χ2v) is 5.77. The van der Waals surface area contributed by atoms with Crippen molar-refractivity contribution in [1.29, 1.82) is 0 Å². The number of hydrogen-bond acceptors (Lipinski definition) is 0. The van der Waals surface area contributed by atoms with Crippen molar-refractivity contribution in [1.82, 2.24) is 0 Å². The normalized spacial score (nSPS) is 14.2. The van der Waals surface area contributed by atoms with E-state index < -0.39 is 0 Å². The summed E-state index contributed by atoms with van der Waals surface area (Å²) in [5, 5.41) is 2.77. The van der Waals surface area contributed by atoms with Gasteiger partial charge in [-0.3, -0.25) is 0 Å². The molecule has 0 nitrogen and oxygen atoms in total. The van der Waals surface area contributed by atoms with Crippen molar-refractivity contribution in [3.63, 3.8) is 0 Å². The third-order valence-corrected chi connectivity index (χ3v) is 3.68. The van der Waals surface area contributed by atoms with Gasteiger partial charge in [0.2, 0.25) is 0 Å². The summed E-state index contributed by atoms with van der Waals surface area (Å²) in [5.74, 6) is 0.722. The molecule has 2 aromatic carbocycles. The van der Waals surface area contributed by atoms with E-state index in [-0.39, 0.29) is 0 Å². The van der Waals surface area contributed by atoms with Gasteiger partial charge < -0.3 is 0 Å². The number of allylic oxidation sites excluding steroid dienone is 1. The van der Waals surface area contributed by atoms with E-state index in [1.165, 1.54) is 46.7 Å². The fourth-order valence-electron chi connectivity index (χ4n) is 2.83.